The van der Waals surface area contributed by atoms with E-state index in [9.17, 15) is 0 Å². The minimum absolute atomic E-state index is 0.267. The second-order valence-electron chi connectivity index (χ2n) is 13.2. The molecule has 6 aromatic carbocycles. The molecule has 236 valence electrons. The smallest absolute Gasteiger partial charge is 0.0776 e. The first-order valence-corrected chi connectivity index (χ1v) is 17.3. The Kier molecular flexibility index (Phi) is 6.63. The van der Waals surface area contributed by atoms with Gasteiger partial charge in [-0.25, -0.2) is 4.98 Å². The summed E-state index contributed by atoms with van der Waals surface area (Å²) in [5.74, 6) is 0.336. The van der Waals surface area contributed by atoms with Gasteiger partial charge in [-0.2, -0.15) is 0 Å². The summed E-state index contributed by atoms with van der Waals surface area (Å²) in [4.78, 5) is 5.29. The lowest BCUT2D eigenvalue weighted by atomic mass is 9.91. The molecule has 0 bridgehead atoms. The van der Waals surface area contributed by atoms with Crippen molar-refractivity contribution in [3.05, 3.63) is 188 Å². The number of anilines is 1. The Morgan fingerprint density at radius 2 is 1.20 bits per heavy atom. The van der Waals surface area contributed by atoms with Gasteiger partial charge in [-0.1, -0.05) is 152 Å². The van der Waals surface area contributed by atoms with E-state index in [-0.39, 0.29) is 6.04 Å². The summed E-state index contributed by atoms with van der Waals surface area (Å²) in [6, 6.07) is 56.9. The molecule has 50 heavy (non-hydrogen) atoms. The molecule has 0 radical (unpaired) electrons. The molecule has 1 aliphatic heterocycles. The Balaban J connectivity index is 1.18. The number of rotatable bonds is 5. The van der Waals surface area contributed by atoms with Crippen LogP contribution in [0, 0.1) is 0 Å². The predicted octanol–water partition coefficient (Wildman–Crippen LogP) is 11.9. The zero-order chi connectivity index (χ0) is 33.0. The van der Waals surface area contributed by atoms with E-state index in [0.717, 1.165) is 39.3 Å². The number of pyridine rings is 1. The van der Waals surface area contributed by atoms with Crippen molar-refractivity contribution in [2.75, 3.05) is 5.32 Å². The third-order valence-corrected chi connectivity index (χ3v) is 10.3. The first kappa shape index (κ1) is 28.6. The van der Waals surface area contributed by atoms with Crippen LogP contribution < -0.4 is 5.32 Å². The molecule has 3 nitrogen and oxygen atoms in total. The van der Waals surface area contributed by atoms with Gasteiger partial charge in [0.25, 0.3) is 0 Å². The standard InChI is InChI=1S/C47H33N3/c1-3-14-31(15-4-1)36-20-7-8-21-37(36)44-30-34(29-43(48-44)32-16-5-2-6-17-32)33-18-13-19-35(28-33)50-45-25-12-10-23-39(45)41-27-26-40-38-22-9-11-24-42(38)49-46(40)47(41)50/h1-30,38,42,49H. The Bertz CT molecular complexity index is 2630. The highest BCUT2D eigenvalue weighted by Crippen LogP contribution is 2.46. The molecule has 3 heteroatoms. The maximum Gasteiger partial charge on any atom is 0.0776 e. The van der Waals surface area contributed by atoms with Crippen LogP contribution in [0.4, 0.5) is 5.69 Å². The van der Waals surface area contributed by atoms with Crippen LogP contribution in [-0.2, 0) is 0 Å². The monoisotopic (exact) mass is 639 g/mol. The summed E-state index contributed by atoms with van der Waals surface area (Å²) in [5.41, 5.74) is 14.9. The van der Waals surface area contributed by atoms with Crippen LogP contribution in [0.3, 0.4) is 0 Å². The van der Waals surface area contributed by atoms with E-state index in [0.29, 0.717) is 5.92 Å². The van der Waals surface area contributed by atoms with E-state index >= 15 is 0 Å². The fourth-order valence-corrected chi connectivity index (χ4v) is 7.97. The van der Waals surface area contributed by atoms with E-state index in [4.69, 9.17) is 4.98 Å². The van der Waals surface area contributed by atoms with Crippen molar-refractivity contribution in [1.82, 2.24) is 9.55 Å². The lowest BCUT2D eigenvalue weighted by molar-refractivity contribution is 0.805. The number of allylic oxidation sites excluding steroid dienone is 2. The maximum absolute atomic E-state index is 5.29. The highest BCUT2D eigenvalue weighted by atomic mass is 15.0. The minimum Gasteiger partial charge on any atom is -0.376 e. The molecule has 2 atom stereocenters. The summed E-state index contributed by atoms with van der Waals surface area (Å²) < 4.78 is 2.45. The molecule has 2 aliphatic rings. The van der Waals surface area contributed by atoms with Crippen LogP contribution in [0.2, 0.25) is 0 Å². The molecule has 0 spiro atoms. The van der Waals surface area contributed by atoms with Crippen LogP contribution in [0.15, 0.2) is 182 Å². The van der Waals surface area contributed by atoms with Gasteiger partial charge in [0.15, 0.2) is 0 Å². The van der Waals surface area contributed by atoms with Crippen LogP contribution in [0.1, 0.15) is 11.5 Å². The molecule has 10 rings (SSSR count). The number of fused-ring (bicyclic) bond motifs is 7. The second kappa shape index (κ2) is 11.6. The van der Waals surface area contributed by atoms with Gasteiger partial charge < -0.3 is 9.88 Å². The number of para-hydroxylation sites is 1. The number of hydrogen-bond acceptors (Lipinski definition) is 2. The first-order valence-electron chi connectivity index (χ1n) is 17.3. The molecule has 0 saturated heterocycles. The highest BCUT2D eigenvalue weighted by Gasteiger charge is 2.32. The summed E-state index contributed by atoms with van der Waals surface area (Å²) in [7, 11) is 0. The summed E-state index contributed by atoms with van der Waals surface area (Å²) in [6.45, 7) is 0. The average Bonchev–Trinajstić information content (AvgIpc) is 3.75. The fourth-order valence-electron chi connectivity index (χ4n) is 7.97. The summed E-state index contributed by atoms with van der Waals surface area (Å²) in [6.07, 6.45) is 8.93. The third kappa shape index (κ3) is 4.62. The average molecular weight is 640 g/mol. The third-order valence-electron chi connectivity index (χ3n) is 10.3. The largest absolute Gasteiger partial charge is 0.376 e. The summed E-state index contributed by atoms with van der Waals surface area (Å²) >= 11 is 0. The van der Waals surface area contributed by atoms with Gasteiger partial charge in [0.05, 0.1) is 34.2 Å². The van der Waals surface area contributed by atoms with Gasteiger partial charge in [-0.05, 0) is 58.1 Å². The van der Waals surface area contributed by atoms with Crippen molar-refractivity contribution in [3.63, 3.8) is 0 Å². The van der Waals surface area contributed by atoms with Gasteiger partial charge in [0.1, 0.15) is 0 Å². The van der Waals surface area contributed by atoms with E-state index in [1.807, 2.05) is 0 Å². The van der Waals surface area contributed by atoms with Gasteiger partial charge in [-0.3, -0.25) is 0 Å². The Morgan fingerprint density at radius 1 is 0.500 bits per heavy atom. The molecule has 0 saturated carbocycles. The molecule has 2 aromatic heterocycles. The van der Waals surface area contributed by atoms with E-state index in [1.54, 1.807) is 0 Å². The van der Waals surface area contributed by atoms with Crippen molar-refractivity contribution in [2.24, 2.45) is 0 Å². The van der Waals surface area contributed by atoms with E-state index in [1.165, 1.54) is 44.2 Å². The van der Waals surface area contributed by atoms with Crippen molar-refractivity contribution in [3.8, 4) is 50.5 Å². The van der Waals surface area contributed by atoms with Gasteiger partial charge in [0, 0.05) is 33.5 Å². The zero-order valence-electron chi connectivity index (χ0n) is 27.4. The van der Waals surface area contributed by atoms with Crippen molar-refractivity contribution in [1.29, 1.82) is 0 Å². The second-order valence-corrected chi connectivity index (χ2v) is 13.2. The van der Waals surface area contributed by atoms with Gasteiger partial charge in [0.2, 0.25) is 0 Å². The molecule has 3 heterocycles. The van der Waals surface area contributed by atoms with Crippen LogP contribution in [-0.4, -0.2) is 15.6 Å². The lowest BCUT2D eigenvalue weighted by Crippen LogP contribution is -2.17. The highest BCUT2D eigenvalue weighted by molar-refractivity contribution is 6.14. The lowest BCUT2D eigenvalue weighted by Gasteiger charge is -2.15. The number of benzene rings is 6. The number of hydrogen-bond donors (Lipinski definition) is 1. The van der Waals surface area contributed by atoms with Crippen LogP contribution in [0.5, 0.6) is 0 Å². The Hall–Kier alpha value is -6.45. The Morgan fingerprint density at radius 3 is 2.06 bits per heavy atom. The number of aromatic nitrogens is 2. The molecule has 1 aliphatic carbocycles. The van der Waals surface area contributed by atoms with E-state index < -0.39 is 0 Å². The fraction of sp³-hybridized carbons (Fsp3) is 0.0426. The SMILES string of the molecule is C1=CC2Nc3c(ccc4c5ccccc5n(-c5cccc(-c6cc(-c7ccccc7)nc(-c7ccccc7-c7ccccc7)c6)c5)c34)C2C=C1. The molecule has 2 unspecified atom stereocenters. The van der Waals surface area contributed by atoms with Crippen molar-refractivity contribution < 1.29 is 0 Å². The summed E-state index contributed by atoms with van der Waals surface area (Å²) in [5, 5.41) is 6.42. The van der Waals surface area contributed by atoms with Crippen molar-refractivity contribution >= 4 is 27.5 Å². The maximum atomic E-state index is 5.29. The predicted molar refractivity (Wildman–Crippen MR) is 209 cm³/mol. The molecular formula is C47H33N3. The molecule has 0 fully saturated rings. The molecule has 8 aromatic rings. The van der Waals surface area contributed by atoms with E-state index in [2.05, 4.69) is 192 Å². The van der Waals surface area contributed by atoms with Crippen LogP contribution >= 0.6 is 0 Å². The number of nitrogens with one attached hydrogen (secondary N) is 1. The van der Waals surface area contributed by atoms with Gasteiger partial charge >= 0.3 is 0 Å². The molecule has 0 amide bonds. The number of nitrogens with zero attached hydrogens (tertiary/aromatic N) is 2. The normalized spacial score (nSPS) is 16.0. The Labute approximate surface area is 291 Å². The van der Waals surface area contributed by atoms with Crippen molar-refractivity contribution in [2.45, 2.75) is 12.0 Å². The minimum atomic E-state index is 0.267. The topological polar surface area (TPSA) is 29.9 Å². The van der Waals surface area contributed by atoms with Gasteiger partial charge in [-0.15, -0.1) is 0 Å². The quantitative estimate of drug-likeness (QED) is 0.203. The molecule has 1 N–H and O–H groups in total. The first-order chi connectivity index (χ1) is 24.8. The molecular weight excluding hydrogens is 607 g/mol. The van der Waals surface area contributed by atoms with Crippen LogP contribution in [0.25, 0.3) is 72.3 Å². The zero-order valence-corrected chi connectivity index (χ0v) is 27.4.